The number of likely N-dealkylation sites (tertiary alicyclic amines) is 1. The molecule has 1 rings (SSSR count). The molecule has 23 heavy (non-hydrogen) atoms. The molecule has 1 aliphatic rings. The summed E-state index contributed by atoms with van der Waals surface area (Å²) in [6.45, 7) is 20.5. The number of nitrogens with two attached hydrogens (primary N) is 1. The van der Waals surface area contributed by atoms with Crippen LogP contribution >= 0.6 is 0 Å². The first kappa shape index (κ1) is 20.9. The van der Waals surface area contributed by atoms with Gasteiger partial charge in [-0.1, -0.05) is 31.9 Å². The summed E-state index contributed by atoms with van der Waals surface area (Å²) in [4.78, 5) is 13.8. The van der Waals surface area contributed by atoms with Crippen LogP contribution in [0.5, 0.6) is 0 Å². The standard InChI is InChI=1S/C13H19NO2.C6H11N/c1-5-8-11(9-6-2)10(4)13(15)16-12(14)7-3;1-2-7-5-3-4-6-7/h5-7,11-12H,1-4,8-9,14H2;2H,1,3-6H2. The van der Waals surface area contributed by atoms with Gasteiger partial charge >= 0.3 is 5.97 Å². The highest BCUT2D eigenvalue weighted by molar-refractivity contribution is 5.88. The second-order valence-electron chi connectivity index (χ2n) is 5.30. The number of rotatable bonds is 9. The van der Waals surface area contributed by atoms with Crippen molar-refractivity contribution >= 4 is 5.97 Å². The molecule has 1 atom stereocenters. The van der Waals surface area contributed by atoms with E-state index in [0.717, 1.165) is 0 Å². The van der Waals surface area contributed by atoms with Gasteiger partial charge in [0.1, 0.15) is 0 Å². The maximum Gasteiger partial charge on any atom is 0.335 e. The van der Waals surface area contributed by atoms with Crippen molar-refractivity contribution in [3.8, 4) is 0 Å². The molecule has 1 heterocycles. The number of carbonyl (C=O) groups is 1. The van der Waals surface area contributed by atoms with Gasteiger partial charge in [0.05, 0.1) is 0 Å². The molecule has 1 fully saturated rings. The predicted molar refractivity (Wildman–Crippen MR) is 97.5 cm³/mol. The van der Waals surface area contributed by atoms with Gasteiger partial charge in [0, 0.05) is 18.7 Å². The molecule has 0 spiro atoms. The van der Waals surface area contributed by atoms with Crippen LogP contribution in [0.15, 0.2) is 62.9 Å². The van der Waals surface area contributed by atoms with Gasteiger partial charge in [-0.25, -0.2) is 4.79 Å². The molecule has 1 aliphatic heterocycles. The third kappa shape index (κ3) is 8.83. The van der Waals surface area contributed by atoms with E-state index in [0.29, 0.717) is 18.4 Å². The minimum absolute atomic E-state index is 0.0282. The Morgan fingerprint density at radius 2 is 1.65 bits per heavy atom. The lowest BCUT2D eigenvalue weighted by Crippen LogP contribution is -2.26. The van der Waals surface area contributed by atoms with Crippen LogP contribution in [0.1, 0.15) is 25.7 Å². The van der Waals surface area contributed by atoms with E-state index >= 15 is 0 Å². The molecule has 0 bridgehead atoms. The van der Waals surface area contributed by atoms with Gasteiger partial charge in [-0.05, 0) is 43.9 Å². The second-order valence-corrected chi connectivity index (χ2v) is 5.30. The molecule has 0 aromatic carbocycles. The van der Waals surface area contributed by atoms with Crippen LogP contribution in [-0.2, 0) is 9.53 Å². The maximum atomic E-state index is 11.6. The topological polar surface area (TPSA) is 55.6 Å². The molecule has 4 heteroatoms. The van der Waals surface area contributed by atoms with Crippen molar-refractivity contribution in [2.75, 3.05) is 13.1 Å². The predicted octanol–water partition coefficient (Wildman–Crippen LogP) is 3.55. The summed E-state index contributed by atoms with van der Waals surface area (Å²) in [6.07, 6.45) is 9.97. The van der Waals surface area contributed by atoms with E-state index in [1.165, 1.54) is 32.0 Å². The zero-order valence-corrected chi connectivity index (χ0v) is 14.1. The molecule has 0 saturated carbocycles. The normalized spacial score (nSPS) is 14.3. The summed E-state index contributed by atoms with van der Waals surface area (Å²) in [7, 11) is 0. The van der Waals surface area contributed by atoms with Gasteiger partial charge in [-0.2, -0.15) is 0 Å². The largest absolute Gasteiger partial charge is 0.440 e. The Balaban J connectivity index is 0.000000568. The third-order valence-electron chi connectivity index (χ3n) is 3.53. The Morgan fingerprint density at radius 3 is 2.00 bits per heavy atom. The lowest BCUT2D eigenvalue weighted by atomic mass is 9.93. The van der Waals surface area contributed by atoms with Crippen LogP contribution in [0.4, 0.5) is 0 Å². The molecule has 0 aliphatic carbocycles. The Kier molecular flexibility index (Phi) is 11.3. The van der Waals surface area contributed by atoms with Crippen molar-refractivity contribution in [3.63, 3.8) is 0 Å². The SMILES string of the molecule is C=CCC(CC=C)C(=C)C(=O)OC(N)C=C.C=CN1CCCC1. The van der Waals surface area contributed by atoms with E-state index in [1.54, 1.807) is 12.2 Å². The van der Waals surface area contributed by atoms with Crippen molar-refractivity contribution in [1.82, 2.24) is 4.90 Å². The zero-order chi connectivity index (χ0) is 17.7. The lowest BCUT2D eigenvalue weighted by molar-refractivity contribution is -0.142. The van der Waals surface area contributed by atoms with Crippen molar-refractivity contribution < 1.29 is 9.53 Å². The van der Waals surface area contributed by atoms with Crippen LogP contribution < -0.4 is 5.73 Å². The third-order valence-corrected chi connectivity index (χ3v) is 3.53. The van der Waals surface area contributed by atoms with Crippen LogP contribution in [0.3, 0.4) is 0 Å². The van der Waals surface area contributed by atoms with Crippen molar-refractivity contribution in [2.24, 2.45) is 11.7 Å². The summed E-state index contributed by atoms with van der Waals surface area (Å²) in [5, 5.41) is 0. The van der Waals surface area contributed by atoms with Gasteiger partial charge in [-0.15, -0.1) is 13.2 Å². The Bertz CT molecular complexity index is 413. The van der Waals surface area contributed by atoms with Gasteiger partial charge in [-0.3, -0.25) is 5.73 Å². The van der Waals surface area contributed by atoms with E-state index < -0.39 is 12.2 Å². The molecule has 1 saturated heterocycles. The highest BCUT2D eigenvalue weighted by Crippen LogP contribution is 2.20. The molecular formula is C19H30N2O2. The lowest BCUT2D eigenvalue weighted by Gasteiger charge is -2.16. The minimum Gasteiger partial charge on any atom is -0.440 e. The number of hydrogen-bond donors (Lipinski definition) is 1. The molecule has 0 amide bonds. The Hall–Kier alpha value is -2.07. The van der Waals surface area contributed by atoms with Gasteiger partial charge in [0.15, 0.2) is 6.23 Å². The summed E-state index contributed by atoms with van der Waals surface area (Å²) in [6, 6.07) is 0. The number of hydrogen-bond acceptors (Lipinski definition) is 4. The fourth-order valence-electron chi connectivity index (χ4n) is 2.12. The first-order chi connectivity index (χ1) is 11.0. The minimum atomic E-state index is -0.794. The van der Waals surface area contributed by atoms with Crippen molar-refractivity contribution in [2.45, 2.75) is 31.9 Å². The summed E-state index contributed by atoms with van der Waals surface area (Å²) in [5.41, 5.74) is 5.80. The summed E-state index contributed by atoms with van der Waals surface area (Å²) >= 11 is 0. The fraction of sp³-hybridized carbons (Fsp3) is 0.421. The van der Waals surface area contributed by atoms with Crippen LogP contribution in [0.2, 0.25) is 0 Å². The first-order valence-electron chi connectivity index (χ1n) is 7.86. The number of carbonyl (C=O) groups excluding carboxylic acids is 1. The number of allylic oxidation sites excluding steroid dienone is 2. The Morgan fingerprint density at radius 1 is 1.13 bits per heavy atom. The summed E-state index contributed by atoms with van der Waals surface area (Å²) < 4.78 is 4.89. The highest BCUT2D eigenvalue weighted by atomic mass is 16.6. The van der Waals surface area contributed by atoms with E-state index in [2.05, 4.69) is 37.8 Å². The zero-order valence-electron chi connectivity index (χ0n) is 14.1. The van der Waals surface area contributed by atoms with Gasteiger partial charge < -0.3 is 9.64 Å². The van der Waals surface area contributed by atoms with Crippen LogP contribution in [0, 0.1) is 5.92 Å². The highest BCUT2D eigenvalue weighted by Gasteiger charge is 2.19. The molecule has 0 aromatic heterocycles. The van der Waals surface area contributed by atoms with E-state index in [1.807, 2.05) is 6.20 Å². The second kappa shape index (κ2) is 12.5. The number of nitrogens with zero attached hydrogens (tertiary/aromatic N) is 1. The monoisotopic (exact) mass is 318 g/mol. The fourth-order valence-corrected chi connectivity index (χ4v) is 2.12. The smallest absolute Gasteiger partial charge is 0.335 e. The van der Waals surface area contributed by atoms with Crippen LogP contribution in [0.25, 0.3) is 0 Å². The van der Waals surface area contributed by atoms with Gasteiger partial charge in [0.2, 0.25) is 0 Å². The molecule has 128 valence electrons. The van der Waals surface area contributed by atoms with E-state index in [-0.39, 0.29) is 5.92 Å². The van der Waals surface area contributed by atoms with E-state index in [4.69, 9.17) is 10.5 Å². The van der Waals surface area contributed by atoms with Crippen molar-refractivity contribution in [1.29, 1.82) is 0 Å². The molecule has 0 radical (unpaired) electrons. The summed E-state index contributed by atoms with van der Waals surface area (Å²) in [5.74, 6) is -0.527. The molecule has 4 nitrogen and oxygen atoms in total. The molecular weight excluding hydrogens is 288 g/mol. The number of esters is 1. The van der Waals surface area contributed by atoms with Crippen LogP contribution in [-0.4, -0.2) is 30.2 Å². The quantitative estimate of drug-likeness (QED) is 0.306. The first-order valence-corrected chi connectivity index (χ1v) is 7.86. The molecule has 1 unspecified atom stereocenters. The average molecular weight is 318 g/mol. The average Bonchev–Trinajstić information content (AvgIpc) is 3.08. The molecule has 0 aromatic rings. The molecule has 2 N–H and O–H groups in total. The number of ether oxygens (including phenoxy) is 1. The maximum absolute atomic E-state index is 11.6. The Labute approximate surface area is 140 Å². The van der Waals surface area contributed by atoms with Crippen molar-refractivity contribution in [3.05, 3.63) is 62.9 Å². The van der Waals surface area contributed by atoms with E-state index in [9.17, 15) is 4.79 Å². The van der Waals surface area contributed by atoms with Gasteiger partial charge in [0.25, 0.3) is 0 Å².